The van der Waals surface area contributed by atoms with Gasteiger partial charge in [0.05, 0.1) is 5.22 Å². The van der Waals surface area contributed by atoms with Crippen LogP contribution in [0.25, 0.3) is 0 Å². The molecule has 1 aliphatic rings. The van der Waals surface area contributed by atoms with Crippen LogP contribution in [0, 0.1) is 0 Å². The van der Waals surface area contributed by atoms with Crippen molar-refractivity contribution in [2.45, 2.75) is 31.4 Å². The fourth-order valence-corrected chi connectivity index (χ4v) is 5.07. The van der Waals surface area contributed by atoms with Gasteiger partial charge in [0.1, 0.15) is 0 Å². The number of halogens is 1. The first-order valence-corrected chi connectivity index (χ1v) is 8.45. The lowest BCUT2D eigenvalue weighted by atomic mass is 10.1. The SMILES string of the molecule is CC1([SiH](Cl)c2ccccc2)CCCCO1. The van der Waals surface area contributed by atoms with Crippen molar-refractivity contribution in [2.24, 2.45) is 0 Å². The van der Waals surface area contributed by atoms with Gasteiger partial charge in [0.25, 0.3) is 0 Å². The van der Waals surface area contributed by atoms with E-state index in [0.717, 1.165) is 13.0 Å². The summed E-state index contributed by atoms with van der Waals surface area (Å²) in [5, 5.41) is 1.24. The average Bonchev–Trinajstić information content (AvgIpc) is 2.30. The van der Waals surface area contributed by atoms with E-state index >= 15 is 0 Å². The number of hydrogen-bond acceptors (Lipinski definition) is 1. The standard InChI is InChI=1S/C12H17ClOSi/c1-12(9-5-6-10-14-12)15(13)11-7-3-2-4-8-11/h2-4,7-8,15H,5-6,9-10H2,1H3. The Morgan fingerprint density at radius 2 is 2.00 bits per heavy atom. The third-order valence-electron chi connectivity index (χ3n) is 3.13. The monoisotopic (exact) mass is 240 g/mol. The van der Waals surface area contributed by atoms with Gasteiger partial charge in [-0.25, -0.2) is 0 Å². The quantitative estimate of drug-likeness (QED) is 0.570. The molecule has 0 bridgehead atoms. The molecule has 3 heteroatoms. The molecule has 0 amide bonds. The predicted octanol–water partition coefficient (Wildman–Crippen LogP) is 2.35. The van der Waals surface area contributed by atoms with Crippen molar-refractivity contribution < 1.29 is 4.74 Å². The number of benzene rings is 1. The van der Waals surface area contributed by atoms with Gasteiger partial charge in [-0.05, 0) is 31.4 Å². The van der Waals surface area contributed by atoms with Gasteiger partial charge in [0, 0.05) is 6.61 Å². The largest absolute Gasteiger partial charge is 0.377 e. The smallest absolute Gasteiger partial charge is 0.204 e. The topological polar surface area (TPSA) is 9.23 Å². The lowest BCUT2D eigenvalue weighted by Crippen LogP contribution is -2.51. The molecule has 0 aliphatic carbocycles. The van der Waals surface area contributed by atoms with Gasteiger partial charge in [-0.3, -0.25) is 0 Å². The maximum Gasteiger partial charge on any atom is 0.204 e. The minimum absolute atomic E-state index is 0.0544. The Kier molecular flexibility index (Phi) is 3.49. The minimum atomic E-state index is -1.51. The zero-order valence-electron chi connectivity index (χ0n) is 9.08. The van der Waals surface area contributed by atoms with Crippen LogP contribution < -0.4 is 5.19 Å². The van der Waals surface area contributed by atoms with E-state index in [1.807, 2.05) is 6.07 Å². The van der Waals surface area contributed by atoms with E-state index < -0.39 is 8.11 Å². The van der Waals surface area contributed by atoms with Gasteiger partial charge in [-0.15, -0.1) is 0 Å². The Morgan fingerprint density at radius 3 is 2.60 bits per heavy atom. The van der Waals surface area contributed by atoms with E-state index in [0.29, 0.717) is 0 Å². The molecule has 1 saturated heterocycles. The fourth-order valence-electron chi connectivity index (χ4n) is 2.13. The van der Waals surface area contributed by atoms with Gasteiger partial charge < -0.3 is 4.74 Å². The Hall–Kier alpha value is -0.313. The molecule has 82 valence electrons. The number of hydrogen-bond donors (Lipinski definition) is 0. The lowest BCUT2D eigenvalue weighted by molar-refractivity contribution is -0.00729. The maximum absolute atomic E-state index is 6.64. The Balaban J connectivity index is 2.16. The van der Waals surface area contributed by atoms with Gasteiger partial charge >= 0.3 is 0 Å². The molecule has 1 heterocycles. The third-order valence-corrected chi connectivity index (χ3v) is 7.77. The molecule has 1 fully saturated rings. The highest BCUT2D eigenvalue weighted by Gasteiger charge is 2.38. The second kappa shape index (κ2) is 4.68. The van der Waals surface area contributed by atoms with E-state index in [1.165, 1.54) is 18.0 Å². The summed E-state index contributed by atoms with van der Waals surface area (Å²) in [4.78, 5) is 0. The second-order valence-corrected chi connectivity index (χ2v) is 8.31. The van der Waals surface area contributed by atoms with Crippen LogP contribution in [0.2, 0.25) is 0 Å². The molecule has 2 rings (SSSR count). The maximum atomic E-state index is 6.64. The van der Waals surface area contributed by atoms with Crippen molar-refractivity contribution in [2.75, 3.05) is 6.61 Å². The molecule has 0 aromatic heterocycles. The van der Waals surface area contributed by atoms with E-state index in [1.54, 1.807) is 0 Å². The van der Waals surface area contributed by atoms with Crippen molar-refractivity contribution in [1.82, 2.24) is 0 Å². The normalized spacial score (nSPS) is 28.7. The van der Waals surface area contributed by atoms with Crippen molar-refractivity contribution in [1.29, 1.82) is 0 Å². The minimum Gasteiger partial charge on any atom is -0.377 e. The first kappa shape index (κ1) is 11.2. The van der Waals surface area contributed by atoms with E-state index in [4.69, 9.17) is 15.8 Å². The van der Waals surface area contributed by atoms with Crippen LogP contribution in [-0.2, 0) is 4.74 Å². The molecule has 0 radical (unpaired) electrons. The summed E-state index contributed by atoms with van der Waals surface area (Å²) in [6.07, 6.45) is 3.55. The molecule has 1 aromatic carbocycles. The van der Waals surface area contributed by atoms with Crippen LogP contribution >= 0.6 is 11.1 Å². The summed E-state index contributed by atoms with van der Waals surface area (Å²) in [5.74, 6) is 0. The van der Waals surface area contributed by atoms with Crippen molar-refractivity contribution in [3.63, 3.8) is 0 Å². The molecule has 1 aromatic rings. The molecule has 0 N–H and O–H groups in total. The molecule has 15 heavy (non-hydrogen) atoms. The van der Waals surface area contributed by atoms with Gasteiger partial charge in [-0.1, -0.05) is 30.3 Å². The summed E-state index contributed by atoms with van der Waals surface area (Å²) in [6, 6.07) is 10.4. The van der Waals surface area contributed by atoms with Crippen LogP contribution in [0.5, 0.6) is 0 Å². The zero-order chi connectivity index (χ0) is 10.7. The molecular weight excluding hydrogens is 224 g/mol. The summed E-state index contributed by atoms with van der Waals surface area (Å²) >= 11 is 6.64. The Labute approximate surface area is 97.7 Å². The van der Waals surface area contributed by atoms with Crippen LogP contribution in [0.3, 0.4) is 0 Å². The van der Waals surface area contributed by atoms with E-state index in [9.17, 15) is 0 Å². The highest BCUT2D eigenvalue weighted by Crippen LogP contribution is 2.28. The fraction of sp³-hybridized carbons (Fsp3) is 0.500. The molecule has 2 unspecified atom stereocenters. The average molecular weight is 241 g/mol. The Bertz CT molecular complexity index is 309. The molecule has 2 atom stereocenters. The van der Waals surface area contributed by atoms with Crippen LogP contribution in [0.1, 0.15) is 26.2 Å². The predicted molar refractivity (Wildman–Crippen MR) is 67.3 cm³/mol. The highest BCUT2D eigenvalue weighted by molar-refractivity contribution is 7.15. The van der Waals surface area contributed by atoms with Gasteiger partial charge in [0.2, 0.25) is 8.11 Å². The van der Waals surface area contributed by atoms with Crippen LogP contribution in [0.4, 0.5) is 0 Å². The van der Waals surface area contributed by atoms with Crippen molar-refractivity contribution >= 4 is 24.4 Å². The molecular formula is C12H17ClOSi. The van der Waals surface area contributed by atoms with Gasteiger partial charge in [0.15, 0.2) is 0 Å². The van der Waals surface area contributed by atoms with Crippen LogP contribution in [0.15, 0.2) is 30.3 Å². The molecule has 0 saturated carbocycles. The summed E-state index contributed by atoms with van der Waals surface area (Å²) in [7, 11) is -1.51. The number of ether oxygens (including phenoxy) is 1. The van der Waals surface area contributed by atoms with Crippen molar-refractivity contribution in [3.05, 3.63) is 30.3 Å². The van der Waals surface area contributed by atoms with E-state index in [2.05, 4.69) is 31.2 Å². The zero-order valence-corrected chi connectivity index (χ0v) is 11.0. The third kappa shape index (κ3) is 2.44. The molecule has 0 spiro atoms. The first-order valence-electron chi connectivity index (χ1n) is 5.55. The molecule has 1 nitrogen and oxygen atoms in total. The lowest BCUT2D eigenvalue weighted by Gasteiger charge is -2.36. The highest BCUT2D eigenvalue weighted by atomic mass is 35.6. The van der Waals surface area contributed by atoms with Gasteiger partial charge in [-0.2, -0.15) is 11.1 Å². The molecule has 1 aliphatic heterocycles. The second-order valence-electron chi connectivity index (χ2n) is 4.39. The summed E-state index contributed by atoms with van der Waals surface area (Å²) in [6.45, 7) is 3.06. The summed E-state index contributed by atoms with van der Waals surface area (Å²) in [5.41, 5.74) is 0. The number of rotatable bonds is 2. The first-order chi connectivity index (χ1) is 7.22. The van der Waals surface area contributed by atoms with Crippen LogP contribution in [-0.4, -0.2) is 19.9 Å². The summed E-state index contributed by atoms with van der Waals surface area (Å²) < 4.78 is 5.91. The van der Waals surface area contributed by atoms with Crippen molar-refractivity contribution in [3.8, 4) is 0 Å². The Morgan fingerprint density at radius 1 is 1.27 bits per heavy atom. The van der Waals surface area contributed by atoms with E-state index in [-0.39, 0.29) is 5.22 Å².